The van der Waals surface area contributed by atoms with Gasteiger partial charge in [-0.1, -0.05) is 19.0 Å². The molecule has 1 fully saturated rings. The van der Waals surface area contributed by atoms with Gasteiger partial charge >= 0.3 is 0 Å². The van der Waals surface area contributed by atoms with E-state index >= 15 is 0 Å². The SMILES string of the molecule is CCC(CC)c1cc(CNC(=NC)NCCN2CCCN(C)CC2)on1. The van der Waals surface area contributed by atoms with Crippen LogP contribution in [-0.2, 0) is 6.54 Å². The van der Waals surface area contributed by atoms with Crippen LogP contribution in [0.25, 0.3) is 0 Å². The minimum atomic E-state index is 0.484. The Labute approximate surface area is 158 Å². The zero-order valence-electron chi connectivity index (χ0n) is 16.9. The van der Waals surface area contributed by atoms with E-state index in [0.717, 1.165) is 56.4 Å². The quantitative estimate of drug-likeness (QED) is 0.542. The highest BCUT2D eigenvalue weighted by molar-refractivity contribution is 5.79. The number of hydrogen-bond acceptors (Lipinski definition) is 5. The summed E-state index contributed by atoms with van der Waals surface area (Å²) in [5.41, 5.74) is 1.06. The van der Waals surface area contributed by atoms with Crippen molar-refractivity contribution < 1.29 is 4.52 Å². The van der Waals surface area contributed by atoms with Crippen LogP contribution in [0, 0.1) is 0 Å². The molecule has 0 aliphatic carbocycles. The van der Waals surface area contributed by atoms with Crippen molar-refractivity contribution in [3.63, 3.8) is 0 Å². The van der Waals surface area contributed by atoms with Crippen LogP contribution < -0.4 is 10.6 Å². The Morgan fingerprint density at radius 2 is 2.04 bits per heavy atom. The highest BCUT2D eigenvalue weighted by atomic mass is 16.5. The summed E-state index contributed by atoms with van der Waals surface area (Å²) in [5, 5.41) is 10.9. The lowest BCUT2D eigenvalue weighted by Crippen LogP contribution is -2.42. The first-order valence-corrected chi connectivity index (χ1v) is 9.97. The monoisotopic (exact) mass is 364 g/mol. The summed E-state index contributed by atoms with van der Waals surface area (Å²) in [6, 6.07) is 2.06. The molecule has 1 aliphatic heterocycles. The Hall–Kier alpha value is -1.60. The number of aliphatic imine (C=N–C) groups is 1. The molecule has 7 nitrogen and oxygen atoms in total. The van der Waals surface area contributed by atoms with Crippen molar-refractivity contribution >= 4 is 5.96 Å². The van der Waals surface area contributed by atoms with Crippen LogP contribution in [0.15, 0.2) is 15.6 Å². The molecule has 148 valence electrons. The van der Waals surface area contributed by atoms with Crippen LogP contribution in [0.3, 0.4) is 0 Å². The van der Waals surface area contributed by atoms with Gasteiger partial charge in [0.05, 0.1) is 12.2 Å². The topological polar surface area (TPSA) is 68.9 Å². The molecule has 2 N–H and O–H groups in total. The zero-order valence-corrected chi connectivity index (χ0v) is 16.9. The molecule has 1 saturated heterocycles. The van der Waals surface area contributed by atoms with Crippen molar-refractivity contribution in [2.75, 3.05) is 53.4 Å². The summed E-state index contributed by atoms with van der Waals surface area (Å²) in [4.78, 5) is 9.22. The average molecular weight is 365 g/mol. The molecule has 0 saturated carbocycles. The lowest BCUT2D eigenvalue weighted by Gasteiger charge is -2.20. The standard InChI is InChI=1S/C19H36N6O/c1-5-16(6-2)18-14-17(26-23-18)15-22-19(20-3)21-8-11-25-10-7-9-24(4)12-13-25/h14,16H,5-13,15H2,1-4H3,(H2,20,21,22). The zero-order chi connectivity index (χ0) is 18.8. The molecular weight excluding hydrogens is 328 g/mol. The Kier molecular flexibility index (Phi) is 8.91. The fourth-order valence-corrected chi connectivity index (χ4v) is 3.36. The summed E-state index contributed by atoms with van der Waals surface area (Å²) < 4.78 is 5.46. The maximum atomic E-state index is 5.46. The summed E-state index contributed by atoms with van der Waals surface area (Å²) in [6.45, 7) is 11.6. The van der Waals surface area contributed by atoms with Crippen LogP contribution in [-0.4, -0.2) is 74.3 Å². The first-order valence-electron chi connectivity index (χ1n) is 9.97. The highest BCUT2D eigenvalue weighted by Gasteiger charge is 2.14. The Morgan fingerprint density at radius 1 is 1.23 bits per heavy atom. The van der Waals surface area contributed by atoms with E-state index in [1.54, 1.807) is 7.05 Å². The molecule has 0 unspecified atom stereocenters. The molecule has 26 heavy (non-hydrogen) atoms. The average Bonchev–Trinajstić information content (AvgIpc) is 3.01. The smallest absolute Gasteiger partial charge is 0.191 e. The Bertz CT molecular complexity index is 540. The summed E-state index contributed by atoms with van der Waals surface area (Å²) in [7, 11) is 4.00. The maximum absolute atomic E-state index is 5.46. The number of hydrogen-bond donors (Lipinski definition) is 2. The van der Waals surface area contributed by atoms with Crippen LogP contribution in [0.4, 0.5) is 0 Å². The maximum Gasteiger partial charge on any atom is 0.191 e. The fourth-order valence-electron chi connectivity index (χ4n) is 3.36. The van der Waals surface area contributed by atoms with Crippen LogP contribution >= 0.6 is 0 Å². The van der Waals surface area contributed by atoms with Gasteiger partial charge < -0.3 is 25.0 Å². The van der Waals surface area contributed by atoms with Crippen molar-refractivity contribution in [1.29, 1.82) is 0 Å². The van der Waals surface area contributed by atoms with E-state index in [9.17, 15) is 0 Å². The second kappa shape index (κ2) is 11.2. The molecule has 0 radical (unpaired) electrons. The van der Waals surface area contributed by atoms with Gasteiger partial charge in [-0.05, 0) is 39.4 Å². The van der Waals surface area contributed by atoms with Crippen LogP contribution in [0.2, 0.25) is 0 Å². The molecule has 1 aliphatic rings. The van der Waals surface area contributed by atoms with Gasteiger partial charge in [0, 0.05) is 45.2 Å². The molecular formula is C19H36N6O. The second-order valence-corrected chi connectivity index (χ2v) is 7.08. The number of likely N-dealkylation sites (N-methyl/N-ethyl adjacent to an activating group) is 1. The molecule has 0 aromatic carbocycles. The number of nitrogens with zero attached hydrogens (tertiary/aromatic N) is 4. The molecule has 0 spiro atoms. The molecule has 2 heterocycles. The van der Waals surface area contributed by atoms with Gasteiger partial charge in [0.25, 0.3) is 0 Å². The van der Waals surface area contributed by atoms with Gasteiger partial charge in [-0.25, -0.2) is 0 Å². The van der Waals surface area contributed by atoms with E-state index < -0.39 is 0 Å². The van der Waals surface area contributed by atoms with Gasteiger partial charge in [0.1, 0.15) is 0 Å². The van der Waals surface area contributed by atoms with Gasteiger partial charge in [0.15, 0.2) is 11.7 Å². The number of rotatable bonds is 8. The van der Waals surface area contributed by atoms with E-state index in [-0.39, 0.29) is 0 Å². The van der Waals surface area contributed by atoms with Crippen molar-refractivity contribution in [2.24, 2.45) is 4.99 Å². The third kappa shape index (κ3) is 6.61. The van der Waals surface area contributed by atoms with E-state index in [1.165, 1.54) is 19.5 Å². The van der Waals surface area contributed by atoms with Crippen LogP contribution in [0.5, 0.6) is 0 Å². The lowest BCUT2D eigenvalue weighted by atomic mass is 9.99. The molecule has 1 aromatic heterocycles. The van der Waals surface area contributed by atoms with Crippen molar-refractivity contribution in [2.45, 2.75) is 45.6 Å². The minimum Gasteiger partial charge on any atom is -0.359 e. The van der Waals surface area contributed by atoms with Gasteiger partial charge in [-0.2, -0.15) is 0 Å². The third-order valence-corrected chi connectivity index (χ3v) is 5.17. The van der Waals surface area contributed by atoms with E-state index in [0.29, 0.717) is 12.5 Å². The third-order valence-electron chi connectivity index (χ3n) is 5.17. The second-order valence-electron chi connectivity index (χ2n) is 7.08. The molecule has 0 atom stereocenters. The van der Waals surface area contributed by atoms with Gasteiger partial charge in [-0.3, -0.25) is 4.99 Å². The van der Waals surface area contributed by atoms with Gasteiger partial charge in [-0.15, -0.1) is 0 Å². The van der Waals surface area contributed by atoms with Crippen molar-refractivity contribution in [1.82, 2.24) is 25.6 Å². The van der Waals surface area contributed by atoms with Crippen LogP contribution in [0.1, 0.15) is 50.5 Å². The van der Waals surface area contributed by atoms with Crippen molar-refractivity contribution in [3.05, 3.63) is 17.5 Å². The van der Waals surface area contributed by atoms with E-state index in [1.807, 2.05) is 0 Å². The predicted octanol–water partition coefficient (Wildman–Crippen LogP) is 1.88. The Balaban J connectivity index is 1.71. The minimum absolute atomic E-state index is 0.484. The number of nitrogens with one attached hydrogen (secondary N) is 2. The first kappa shape index (κ1) is 20.7. The molecule has 0 bridgehead atoms. The van der Waals surface area contributed by atoms with E-state index in [2.05, 4.69) is 57.5 Å². The molecule has 1 aromatic rings. The highest BCUT2D eigenvalue weighted by Crippen LogP contribution is 2.22. The largest absolute Gasteiger partial charge is 0.359 e. The molecule has 2 rings (SSSR count). The summed E-state index contributed by atoms with van der Waals surface area (Å²) in [5.74, 6) is 2.14. The van der Waals surface area contributed by atoms with E-state index in [4.69, 9.17) is 4.52 Å². The normalized spacial score (nSPS) is 17.5. The predicted molar refractivity (Wildman–Crippen MR) is 107 cm³/mol. The van der Waals surface area contributed by atoms with Gasteiger partial charge in [0.2, 0.25) is 0 Å². The first-order chi connectivity index (χ1) is 12.7. The number of aromatic nitrogens is 1. The summed E-state index contributed by atoms with van der Waals surface area (Å²) >= 11 is 0. The summed E-state index contributed by atoms with van der Waals surface area (Å²) in [6.07, 6.45) is 3.42. The lowest BCUT2D eigenvalue weighted by molar-refractivity contribution is 0.280. The fraction of sp³-hybridized carbons (Fsp3) is 0.789. The molecule has 7 heteroatoms. The number of guanidine groups is 1. The Morgan fingerprint density at radius 3 is 2.77 bits per heavy atom. The molecule has 0 amide bonds. The van der Waals surface area contributed by atoms with Crippen molar-refractivity contribution in [3.8, 4) is 0 Å².